The highest BCUT2D eigenvalue weighted by Crippen LogP contribution is 2.30. The molecule has 6 nitrogen and oxygen atoms in total. The fourth-order valence-corrected chi connectivity index (χ4v) is 2.83. The van der Waals surface area contributed by atoms with Crippen LogP contribution in [0.4, 0.5) is 11.4 Å². The lowest BCUT2D eigenvalue weighted by Crippen LogP contribution is -2.33. The topological polar surface area (TPSA) is 78.1 Å². The molecule has 2 aromatic rings. The zero-order valence-electron chi connectivity index (χ0n) is 11.6. The van der Waals surface area contributed by atoms with Crippen LogP contribution in [0.25, 0.3) is 0 Å². The van der Waals surface area contributed by atoms with Crippen molar-refractivity contribution in [2.45, 2.75) is 12.5 Å². The highest BCUT2D eigenvalue weighted by atomic mass is 35.5. The smallest absolute Gasteiger partial charge is 0.285 e. The van der Waals surface area contributed by atoms with Crippen LogP contribution >= 0.6 is 34.8 Å². The first kappa shape index (κ1) is 16.1. The number of carbonyl (C=O) groups excluding carboxylic acids is 1. The van der Waals surface area contributed by atoms with E-state index in [0.717, 1.165) is 0 Å². The van der Waals surface area contributed by atoms with Crippen molar-refractivity contribution in [3.05, 3.63) is 49.8 Å². The molecule has 0 spiro atoms. The van der Waals surface area contributed by atoms with E-state index in [1.165, 1.54) is 6.20 Å². The largest absolute Gasteiger partial charge is 0.371 e. The summed E-state index contributed by atoms with van der Waals surface area (Å²) >= 11 is 17.8. The van der Waals surface area contributed by atoms with Crippen LogP contribution in [0.5, 0.6) is 0 Å². The first-order valence-electron chi connectivity index (χ1n) is 6.73. The molecule has 1 aromatic heterocycles. The standard InChI is InChI=1S/C14H11Cl3N4O2/c15-8-2-1-7(5-9(8)16)21-4-3-10(14(21)23)19-11-6-18-20-13(22)12(11)17/h1-2,5-6,10H,3-4H2,(H2,19,20,22). The summed E-state index contributed by atoms with van der Waals surface area (Å²) in [5.74, 6) is -0.139. The molecule has 1 atom stereocenters. The summed E-state index contributed by atoms with van der Waals surface area (Å²) in [4.78, 5) is 25.6. The van der Waals surface area contributed by atoms with E-state index in [9.17, 15) is 9.59 Å². The van der Waals surface area contributed by atoms with Crippen LogP contribution in [0.2, 0.25) is 15.1 Å². The van der Waals surface area contributed by atoms with Crippen molar-refractivity contribution in [2.75, 3.05) is 16.8 Å². The zero-order chi connectivity index (χ0) is 16.6. The molecular formula is C14H11Cl3N4O2. The van der Waals surface area contributed by atoms with Crippen molar-refractivity contribution < 1.29 is 4.79 Å². The average Bonchev–Trinajstić information content (AvgIpc) is 2.88. The Morgan fingerprint density at radius 1 is 1.22 bits per heavy atom. The van der Waals surface area contributed by atoms with Crippen LogP contribution < -0.4 is 15.8 Å². The van der Waals surface area contributed by atoms with Crippen molar-refractivity contribution >= 4 is 52.1 Å². The Bertz CT molecular complexity index is 824. The van der Waals surface area contributed by atoms with Gasteiger partial charge in [0.25, 0.3) is 5.56 Å². The molecule has 1 fully saturated rings. The second-order valence-electron chi connectivity index (χ2n) is 5.00. The molecule has 2 N–H and O–H groups in total. The molecular weight excluding hydrogens is 363 g/mol. The van der Waals surface area contributed by atoms with Gasteiger partial charge in [0.2, 0.25) is 5.91 Å². The Hall–Kier alpha value is -1.76. The molecule has 0 radical (unpaired) electrons. The fraction of sp³-hybridized carbons (Fsp3) is 0.214. The van der Waals surface area contributed by atoms with Gasteiger partial charge in [-0.2, -0.15) is 5.10 Å². The molecule has 0 saturated carbocycles. The van der Waals surface area contributed by atoms with Gasteiger partial charge in [0, 0.05) is 12.2 Å². The van der Waals surface area contributed by atoms with Gasteiger partial charge in [-0.25, -0.2) is 5.10 Å². The molecule has 3 rings (SSSR count). The molecule has 9 heteroatoms. The summed E-state index contributed by atoms with van der Waals surface area (Å²) in [6.07, 6.45) is 1.93. The first-order chi connectivity index (χ1) is 11.0. The van der Waals surface area contributed by atoms with Gasteiger partial charge >= 0.3 is 0 Å². The van der Waals surface area contributed by atoms with E-state index < -0.39 is 11.6 Å². The maximum absolute atomic E-state index is 12.5. The number of carbonyl (C=O) groups is 1. The van der Waals surface area contributed by atoms with Gasteiger partial charge < -0.3 is 10.2 Å². The third kappa shape index (κ3) is 3.15. The number of hydrogen-bond acceptors (Lipinski definition) is 4. The lowest BCUT2D eigenvalue weighted by molar-refractivity contribution is -0.117. The minimum absolute atomic E-state index is 0.0270. The second kappa shape index (κ2) is 6.39. The number of benzene rings is 1. The normalized spacial score (nSPS) is 17.6. The maximum Gasteiger partial charge on any atom is 0.285 e. The number of aromatic nitrogens is 2. The summed E-state index contributed by atoms with van der Waals surface area (Å²) in [7, 11) is 0. The van der Waals surface area contributed by atoms with Crippen molar-refractivity contribution in [1.29, 1.82) is 0 Å². The fourth-order valence-electron chi connectivity index (χ4n) is 2.40. The monoisotopic (exact) mass is 372 g/mol. The summed E-state index contributed by atoms with van der Waals surface area (Å²) in [5.41, 5.74) is 0.483. The number of nitrogens with zero attached hydrogens (tertiary/aromatic N) is 2. The zero-order valence-corrected chi connectivity index (χ0v) is 13.9. The van der Waals surface area contributed by atoms with Crippen LogP contribution in [0.1, 0.15) is 6.42 Å². The van der Waals surface area contributed by atoms with Crippen LogP contribution in [0, 0.1) is 0 Å². The van der Waals surface area contributed by atoms with Gasteiger partial charge in [-0.05, 0) is 24.6 Å². The van der Waals surface area contributed by atoms with Crippen molar-refractivity contribution in [1.82, 2.24) is 10.2 Å². The molecule has 1 aromatic carbocycles. The minimum atomic E-state index is -0.511. The molecule has 0 bridgehead atoms. The molecule has 1 amide bonds. The van der Waals surface area contributed by atoms with Crippen LogP contribution in [0.15, 0.2) is 29.2 Å². The van der Waals surface area contributed by atoms with Crippen LogP contribution in [-0.4, -0.2) is 28.7 Å². The number of amides is 1. The van der Waals surface area contributed by atoms with E-state index >= 15 is 0 Å². The molecule has 1 saturated heterocycles. The lowest BCUT2D eigenvalue weighted by atomic mass is 10.2. The van der Waals surface area contributed by atoms with E-state index in [-0.39, 0.29) is 10.9 Å². The van der Waals surface area contributed by atoms with Gasteiger partial charge in [-0.1, -0.05) is 34.8 Å². The molecule has 23 heavy (non-hydrogen) atoms. The van der Waals surface area contributed by atoms with Crippen molar-refractivity contribution in [3.63, 3.8) is 0 Å². The second-order valence-corrected chi connectivity index (χ2v) is 6.19. The van der Waals surface area contributed by atoms with E-state index in [0.29, 0.717) is 34.4 Å². The predicted octanol–water partition coefficient (Wildman–Crippen LogP) is 2.95. The summed E-state index contributed by atoms with van der Waals surface area (Å²) < 4.78 is 0. The van der Waals surface area contributed by atoms with E-state index in [1.807, 2.05) is 0 Å². The lowest BCUT2D eigenvalue weighted by Gasteiger charge is -2.18. The summed E-state index contributed by atoms with van der Waals surface area (Å²) in [6.45, 7) is 0.517. The number of nitrogens with one attached hydrogen (secondary N) is 2. The predicted molar refractivity (Wildman–Crippen MR) is 90.7 cm³/mol. The molecule has 1 aliphatic heterocycles. The number of aromatic amines is 1. The van der Waals surface area contributed by atoms with Gasteiger partial charge in [0.15, 0.2) is 0 Å². The van der Waals surface area contributed by atoms with Gasteiger partial charge in [0.1, 0.15) is 11.1 Å². The molecule has 1 aliphatic rings. The third-order valence-electron chi connectivity index (χ3n) is 3.55. The van der Waals surface area contributed by atoms with E-state index in [4.69, 9.17) is 34.8 Å². The average molecular weight is 374 g/mol. The van der Waals surface area contributed by atoms with Gasteiger partial charge in [0.05, 0.1) is 21.9 Å². The SMILES string of the molecule is O=C1C(Nc2cn[nH]c(=O)c2Cl)CCN1c1ccc(Cl)c(Cl)c1. The van der Waals surface area contributed by atoms with Crippen LogP contribution in [0.3, 0.4) is 0 Å². The third-order valence-corrected chi connectivity index (χ3v) is 4.66. The number of H-pyrrole nitrogens is 1. The number of anilines is 2. The van der Waals surface area contributed by atoms with Crippen LogP contribution in [-0.2, 0) is 4.79 Å². The van der Waals surface area contributed by atoms with E-state index in [2.05, 4.69) is 15.5 Å². The molecule has 120 valence electrons. The number of hydrogen-bond donors (Lipinski definition) is 2. The first-order valence-corrected chi connectivity index (χ1v) is 7.87. The van der Waals surface area contributed by atoms with Crippen molar-refractivity contribution in [3.8, 4) is 0 Å². The molecule has 0 aliphatic carbocycles. The van der Waals surface area contributed by atoms with Gasteiger partial charge in [-0.3, -0.25) is 9.59 Å². The number of halogens is 3. The Kier molecular flexibility index (Phi) is 4.48. The Balaban J connectivity index is 1.80. The highest BCUT2D eigenvalue weighted by Gasteiger charge is 2.33. The Morgan fingerprint density at radius 2 is 2.00 bits per heavy atom. The van der Waals surface area contributed by atoms with Crippen molar-refractivity contribution in [2.24, 2.45) is 0 Å². The maximum atomic E-state index is 12.5. The highest BCUT2D eigenvalue weighted by molar-refractivity contribution is 6.42. The summed E-state index contributed by atoms with van der Waals surface area (Å²) in [5, 5.41) is 9.64. The molecule has 2 heterocycles. The molecule has 1 unspecified atom stereocenters. The van der Waals surface area contributed by atoms with E-state index in [1.54, 1.807) is 23.1 Å². The minimum Gasteiger partial charge on any atom is -0.371 e. The quantitative estimate of drug-likeness (QED) is 0.867. The van der Waals surface area contributed by atoms with Gasteiger partial charge in [-0.15, -0.1) is 0 Å². The number of rotatable bonds is 3. The Labute approximate surface area is 146 Å². The Morgan fingerprint density at radius 3 is 2.74 bits per heavy atom. The summed E-state index contributed by atoms with van der Waals surface area (Å²) in [6, 6.07) is 4.53.